The molecule has 3 rings (SSSR count). The number of allylic oxidation sites excluding steroid dienone is 1. The molecule has 1 aromatic heterocycles. The summed E-state index contributed by atoms with van der Waals surface area (Å²) in [6.07, 6.45) is 6.83. The zero-order valence-electron chi connectivity index (χ0n) is 8.30. The fourth-order valence-electron chi connectivity index (χ4n) is 2.20. The number of benzene rings is 1. The maximum absolute atomic E-state index is 3.49. The number of aromatic amines is 1. The van der Waals surface area contributed by atoms with Crippen LogP contribution < -0.4 is 0 Å². The van der Waals surface area contributed by atoms with Crippen molar-refractivity contribution in [1.29, 1.82) is 0 Å². The largest absolute Gasteiger partial charge is 0.358 e. The molecule has 70 valence electrons. The average Bonchev–Trinajstić information content (AvgIpc) is 2.56. The van der Waals surface area contributed by atoms with Crippen molar-refractivity contribution in [2.24, 2.45) is 0 Å². The summed E-state index contributed by atoms with van der Waals surface area (Å²) in [6.45, 7) is 2.14. The molecule has 0 spiro atoms. The van der Waals surface area contributed by atoms with Crippen LogP contribution in [0.4, 0.5) is 0 Å². The van der Waals surface area contributed by atoms with E-state index in [1.807, 2.05) is 0 Å². The minimum atomic E-state index is 1.15. The van der Waals surface area contributed by atoms with E-state index in [4.69, 9.17) is 0 Å². The molecule has 14 heavy (non-hydrogen) atoms. The van der Waals surface area contributed by atoms with Crippen LogP contribution in [0.25, 0.3) is 17.0 Å². The van der Waals surface area contributed by atoms with Crippen LogP contribution in [0.2, 0.25) is 0 Å². The Kier molecular flexibility index (Phi) is 1.54. The predicted molar refractivity (Wildman–Crippen MR) is 60.4 cm³/mol. The smallest absolute Gasteiger partial charge is 0.0462 e. The molecule has 0 saturated heterocycles. The number of fused-ring (bicyclic) bond motifs is 3. The van der Waals surface area contributed by atoms with Crippen molar-refractivity contribution in [2.45, 2.75) is 19.8 Å². The number of aryl methyl sites for hydroxylation is 2. The molecule has 1 nitrogen and oxygen atoms in total. The topological polar surface area (TPSA) is 15.8 Å². The van der Waals surface area contributed by atoms with Crippen LogP contribution >= 0.6 is 0 Å². The molecule has 2 aromatic rings. The third-order valence-corrected chi connectivity index (χ3v) is 2.92. The van der Waals surface area contributed by atoms with Gasteiger partial charge in [-0.25, -0.2) is 0 Å². The Morgan fingerprint density at radius 1 is 1.29 bits per heavy atom. The first-order valence-electron chi connectivity index (χ1n) is 5.12. The highest BCUT2D eigenvalue weighted by molar-refractivity contribution is 5.91. The lowest BCUT2D eigenvalue weighted by atomic mass is 10.0. The molecule has 0 amide bonds. The van der Waals surface area contributed by atoms with E-state index in [9.17, 15) is 0 Å². The first-order valence-corrected chi connectivity index (χ1v) is 5.12. The Hall–Kier alpha value is -1.50. The summed E-state index contributed by atoms with van der Waals surface area (Å²) < 4.78 is 0. The Balaban J connectivity index is 2.39. The van der Waals surface area contributed by atoms with Crippen LogP contribution in [0.1, 0.15) is 23.2 Å². The van der Waals surface area contributed by atoms with E-state index in [0.717, 1.165) is 6.42 Å². The van der Waals surface area contributed by atoms with Crippen LogP contribution in [-0.2, 0) is 6.42 Å². The van der Waals surface area contributed by atoms with Crippen molar-refractivity contribution in [2.75, 3.05) is 0 Å². The van der Waals surface area contributed by atoms with Crippen LogP contribution in [0.5, 0.6) is 0 Å². The second-order valence-electron chi connectivity index (χ2n) is 4.01. The van der Waals surface area contributed by atoms with Gasteiger partial charge in [0.2, 0.25) is 0 Å². The second-order valence-corrected chi connectivity index (χ2v) is 4.01. The molecule has 0 fully saturated rings. The third kappa shape index (κ3) is 1.02. The minimum Gasteiger partial charge on any atom is -0.358 e. The van der Waals surface area contributed by atoms with Crippen LogP contribution in [0.15, 0.2) is 24.3 Å². The highest BCUT2D eigenvalue weighted by atomic mass is 14.7. The summed E-state index contributed by atoms with van der Waals surface area (Å²) in [4.78, 5) is 3.49. The van der Waals surface area contributed by atoms with Crippen molar-refractivity contribution >= 4 is 17.0 Å². The van der Waals surface area contributed by atoms with E-state index in [2.05, 4.69) is 42.3 Å². The third-order valence-electron chi connectivity index (χ3n) is 2.92. The fraction of sp³-hybridized carbons (Fsp3) is 0.231. The summed E-state index contributed by atoms with van der Waals surface area (Å²) in [5.41, 5.74) is 5.40. The van der Waals surface area contributed by atoms with Gasteiger partial charge < -0.3 is 4.98 Å². The van der Waals surface area contributed by atoms with Crippen LogP contribution in [0, 0.1) is 6.92 Å². The summed E-state index contributed by atoms with van der Waals surface area (Å²) in [6, 6.07) is 6.60. The number of hydrogen-bond acceptors (Lipinski definition) is 0. The van der Waals surface area contributed by atoms with Crippen molar-refractivity contribution in [3.8, 4) is 0 Å². The predicted octanol–water partition coefficient (Wildman–Crippen LogP) is 3.44. The Morgan fingerprint density at radius 2 is 2.21 bits per heavy atom. The molecule has 0 atom stereocenters. The molecular weight excluding hydrogens is 170 g/mol. The average molecular weight is 183 g/mol. The van der Waals surface area contributed by atoms with Gasteiger partial charge in [0, 0.05) is 22.2 Å². The van der Waals surface area contributed by atoms with Gasteiger partial charge in [-0.1, -0.05) is 23.8 Å². The molecular formula is C13H13N. The molecule has 0 radical (unpaired) electrons. The van der Waals surface area contributed by atoms with E-state index in [1.165, 1.54) is 34.1 Å². The van der Waals surface area contributed by atoms with E-state index in [1.54, 1.807) is 0 Å². The minimum absolute atomic E-state index is 1.15. The molecule has 0 bridgehead atoms. The van der Waals surface area contributed by atoms with E-state index >= 15 is 0 Å². The molecule has 1 heterocycles. The van der Waals surface area contributed by atoms with Gasteiger partial charge in [-0.05, 0) is 31.9 Å². The van der Waals surface area contributed by atoms with Crippen molar-refractivity contribution in [3.63, 3.8) is 0 Å². The van der Waals surface area contributed by atoms with Gasteiger partial charge in [0.25, 0.3) is 0 Å². The Labute approximate surface area is 83.5 Å². The molecule has 1 aliphatic carbocycles. The lowest BCUT2D eigenvalue weighted by Crippen LogP contribution is -1.90. The lowest BCUT2D eigenvalue weighted by Gasteiger charge is -2.03. The first kappa shape index (κ1) is 7.86. The fourth-order valence-corrected chi connectivity index (χ4v) is 2.20. The molecule has 0 aliphatic heterocycles. The van der Waals surface area contributed by atoms with Crippen LogP contribution in [0.3, 0.4) is 0 Å². The number of H-pyrrole nitrogens is 1. The van der Waals surface area contributed by atoms with Crippen molar-refractivity contribution in [1.82, 2.24) is 4.98 Å². The van der Waals surface area contributed by atoms with E-state index < -0.39 is 0 Å². The number of hydrogen-bond donors (Lipinski definition) is 1. The van der Waals surface area contributed by atoms with Gasteiger partial charge in [0.05, 0.1) is 0 Å². The molecule has 0 saturated carbocycles. The van der Waals surface area contributed by atoms with E-state index in [0.29, 0.717) is 0 Å². The van der Waals surface area contributed by atoms with Gasteiger partial charge in [-0.15, -0.1) is 0 Å². The number of nitrogens with one attached hydrogen (secondary N) is 1. The van der Waals surface area contributed by atoms with Crippen molar-refractivity contribution < 1.29 is 0 Å². The molecule has 1 heteroatoms. The lowest BCUT2D eigenvalue weighted by molar-refractivity contribution is 0.951. The zero-order chi connectivity index (χ0) is 9.54. The van der Waals surface area contributed by atoms with E-state index in [-0.39, 0.29) is 0 Å². The summed E-state index contributed by atoms with van der Waals surface area (Å²) in [5, 5.41) is 1.37. The number of rotatable bonds is 0. The van der Waals surface area contributed by atoms with Gasteiger partial charge >= 0.3 is 0 Å². The normalized spacial score (nSPS) is 14.6. The summed E-state index contributed by atoms with van der Waals surface area (Å²) in [5.74, 6) is 0. The Bertz CT molecular complexity index is 517. The maximum atomic E-state index is 3.49. The molecule has 1 aromatic carbocycles. The Morgan fingerprint density at radius 3 is 3.14 bits per heavy atom. The second kappa shape index (κ2) is 2.74. The van der Waals surface area contributed by atoms with Gasteiger partial charge in [-0.2, -0.15) is 0 Å². The van der Waals surface area contributed by atoms with Crippen LogP contribution in [-0.4, -0.2) is 4.98 Å². The zero-order valence-corrected chi connectivity index (χ0v) is 8.30. The highest BCUT2D eigenvalue weighted by Crippen LogP contribution is 2.28. The quantitative estimate of drug-likeness (QED) is 0.644. The molecule has 1 N–H and O–H groups in total. The van der Waals surface area contributed by atoms with Gasteiger partial charge in [-0.3, -0.25) is 0 Å². The highest BCUT2D eigenvalue weighted by Gasteiger charge is 2.10. The molecule has 1 aliphatic rings. The summed E-state index contributed by atoms with van der Waals surface area (Å²) in [7, 11) is 0. The van der Waals surface area contributed by atoms with Gasteiger partial charge in [0.15, 0.2) is 0 Å². The van der Waals surface area contributed by atoms with Crippen molar-refractivity contribution in [3.05, 3.63) is 41.1 Å². The SMILES string of the molecule is Cc1ccc2[nH]c3c(c2c1)C=CCC3. The van der Waals surface area contributed by atoms with Gasteiger partial charge in [0.1, 0.15) is 0 Å². The molecule has 0 unspecified atom stereocenters. The maximum Gasteiger partial charge on any atom is 0.0462 e. The monoisotopic (exact) mass is 183 g/mol. The standard InChI is InChI=1S/C13H13N/c1-9-6-7-13-11(8-9)10-4-2-3-5-12(10)14-13/h2,4,6-8,14H,3,5H2,1H3. The number of aromatic nitrogens is 1. The summed E-state index contributed by atoms with van der Waals surface area (Å²) >= 11 is 0. The first-order chi connectivity index (χ1) is 6.84.